The van der Waals surface area contributed by atoms with Crippen molar-refractivity contribution in [3.8, 4) is 0 Å². The van der Waals surface area contributed by atoms with E-state index < -0.39 is 10.0 Å². The lowest BCUT2D eigenvalue weighted by Gasteiger charge is -2.18. The largest absolute Gasteiger partial charge is 0.355 e. The molecule has 136 valence electrons. The molecule has 1 unspecified atom stereocenters. The molecule has 1 atom stereocenters. The Kier molecular flexibility index (Phi) is 7.24. The Labute approximate surface area is 157 Å². The van der Waals surface area contributed by atoms with Gasteiger partial charge < -0.3 is 10.6 Å². The predicted octanol–water partition coefficient (Wildman–Crippen LogP) is 2.61. The molecule has 2 rings (SSSR count). The molecule has 0 radical (unpaired) electrons. The Morgan fingerprint density at radius 2 is 2.08 bits per heavy atom. The first-order chi connectivity index (χ1) is 11.9. The second kappa shape index (κ2) is 9.19. The molecule has 1 aromatic carbocycles. The van der Waals surface area contributed by atoms with E-state index in [1.54, 1.807) is 24.6 Å². The van der Waals surface area contributed by atoms with E-state index in [1.165, 1.54) is 11.3 Å². The van der Waals surface area contributed by atoms with Crippen molar-refractivity contribution in [1.82, 2.24) is 15.4 Å². The maximum absolute atomic E-state index is 12.0. The minimum atomic E-state index is -3.44. The van der Waals surface area contributed by atoms with Crippen molar-refractivity contribution in [2.24, 2.45) is 4.99 Å². The number of rotatable bonds is 7. The van der Waals surface area contributed by atoms with Crippen LogP contribution in [0.3, 0.4) is 0 Å². The van der Waals surface area contributed by atoms with E-state index >= 15 is 0 Å². The van der Waals surface area contributed by atoms with Gasteiger partial charge >= 0.3 is 0 Å². The lowest BCUT2D eigenvalue weighted by Crippen LogP contribution is -2.42. The van der Waals surface area contributed by atoms with Gasteiger partial charge in [-0.2, -0.15) is 0 Å². The van der Waals surface area contributed by atoms with Gasteiger partial charge in [-0.15, -0.1) is 11.3 Å². The van der Waals surface area contributed by atoms with E-state index in [0.29, 0.717) is 21.7 Å². The van der Waals surface area contributed by atoms with Crippen LogP contribution in [-0.4, -0.2) is 34.5 Å². The number of aliphatic imine (C=N–C) groups is 1. The minimum absolute atomic E-state index is 0.00714. The highest BCUT2D eigenvalue weighted by Crippen LogP contribution is 2.17. The number of hydrogen-bond donors (Lipinski definition) is 3. The van der Waals surface area contributed by atoms with Crippen LogP contribution in [0.2, 0.25) is 5.02 Å². The SMILES string of the molecule is CN=C(NCCNS(=O)(=O)c1cccs1)NC(C)c1cccc(Cl)c1. The molecule has 3 N–H and O–H groups in total. The van der Waals surface area contributed by atoms with E-state index in [-0.39, 0.29) is 12.6 Å². The molecule has 0 aliphatic heterocycles. The molecule has 0 amide bonds. The highest BCUT2D eigenvalue weighted by Gasteiger charge is 2.14. The third-order valence-corrected chi connectivity index (χ3v) is 6.49. The molecular weight excluding hydrogens is 380 g/mol. The van der Waals surface area contributed by atoms with Crippen LogP contribution in [0.1, 0.15) is 18.5 Å². The molecule has 2 aromatic rings. The standard InChI is InChI=1S/C16H21ClN4O2S2/c1-12(13-5-3-6-14(17)11-13)21-16(18-2)19-8-9-20-25(22,23)15-7-4-10-24-15/h3-7,10-12,20H,8-9H2,1-2H3,(H2,18,19,21). The number of benzene rings is 1. The van der Waals surface area contributed by atoms with E-state index in [2.05, 4.69) is 20.3 Å². The average Bonchev–Trinajstić information content (AvgIpc) is 3.13. The summed E-state index contributed by atoms with van der Waals surface area (Å²) >= 11 is 7.20. The lowest BCUT2D eigenvalue weighted by molar-refractivity contribution is 0.582. The monoisotopic (exact) mass is 400 g/mol. The number of nitrogens with one attached hydrogen (secondary N) is 3. The summed E-state index contributed by atoms with van der Waals surface area (Å²) in [5.41, 5.74) is 1.04. The molecule has 0 bridgehead atoms. The number of guanidine groups is 1. The Balaban J connectivity index is 1.81. The van der Waals surface area contributed by atoms with E-state index in [4.69, 9.17) is 11.6 Å². The zero-order chi connectivity index (χ0) is 18.3. The van der Waals surface area contributed by atoms with Crippen LogP contribution in [0.25, 0.3) is 0 Å². The van der Waals surface area contributed by atoms with Gasteiger partial charge in [0.1, 0.15) is 4.21 Å². The highest BCUT2D eigenvalue weighted by atomic mass is 35.5. The van der Waals surface area contributed by atoms with Gasteiger partial charge in [0.2, 0.25) is 10.0 Å². The number of nitrogens with zero attached hydrogens (tertiary/aromatic N) is 1. The smallest absolute Gasteiger partial charge is 0.250 e. The number of hydrogen-bond acceptors (Lipinski definition) is 4. The summed E-state index contributed by atoms with van der Waals surface area (Å²) < 4.78 is 26.9. The molecule has 0 saturated carbocycles. The number of halogens is 1. The summed E-state index contributed by atoms with van der Waals surface area (Å²) in [6.45, 7) is 2.66. The lowest BCUT2D eigenvalue weighted by atomic mass is 10.1. The van der Waals surface area contributed by atoms with Gasteiger partial charge in [-0.05, 0) is 36.1 Å². The molecule has 0 aliphatic rings. The molecule has 1 aromatic heterocycles. The first kappa shape index (κ1) is 19.7. The van der Waals surface area contributed by atoms with Crippen molar-refractivity contribution in [2.75, 3.05) is 20.1 Å². The Morgan fingerprint density at radius 1 is 1.28 bits per heavy atom. The van der Waals surface area contributed by atoms with Gasteiger partial charge in [0.25, 0.3) is 0 Å². The van der Waals surface area contributed by atoms with Crippen LogP contribution in [0.4, 0.5) is 0 Å². The molecule has 0 aliphatic carbocycles. The van der Waals surface area contributed by atoms with Crippen LogP contribution in [0.5, 0.6) is 0 Å². The molecule has 25 heavy (non-hydrogen) atoms. The van der Waals surface area contributed by atoms with E-state index in [1.807, 2.05) is 31.2 Å². The predicted molar refractivity (Wildman–Crippen MR) is 104 cm³/mol. The van der Waals surface area contributed by atoms with Crippen molar-refractivity contribution in [3.63, 3.8) is 0 Å². The van der Waals surface area contributed by atoms with Gasteiger partial charge in [0.15, 0.2) is 5.96 Å². The summed E-state index contributed by atoms with van der Waals surface area (Å²) in [4.78, 5) is 4.15. The average molecular weight is 401 g/mol. The van der Waals surface area contributed by atoms with Gasteiger partial charge in [-0.3, -0.25) is 4.99 Å². The first-order valence-corrected chi connectivity index (χ1v) is 10.4. The van der Waals surface area contributed by atoms with Crippen molar-refractivity contribution in [2.45, 2.75) is 17.2 Å². The molecular formula is C16H21ClN4O2S2. The fraction of sp³-hybridized carbons (Fsp3) is 0.312. The molecule has 6 nitrogen and oxygen atoms in total. The van der Waals surface area contributed by atoms with Crippen molar-refractivity contribution in [3.05, 3.63) is 52.4 Å². The van der Waals surface area contributed by atoms with Crippen LogP contribution in [0.15, 0.2) is 51.0 Å². The third kappa shape index (κ3) is 6.00. The third-order valence-electron chi connectivity index (χ3n) is 3.39. The van der Waals surface area contributed by atoms with E-state index in [9.17, 15) is 8.42 Å². The zero-order valence-electron chi connectivity index (χ0n) is 14.0. The summed E-state index contributed by atoms with van der Waals surface area (Å²) in [5.74, 6) is 0.586. The van der Waals surface area contributed by atoms with E-state index in [0.717, 1.165) is 5.56 Å². The second-order valence-corrected chi connectivity index (χ2v) is 8.63. The minimum Gasteiger partial charge on any atom is -0.355 e. The van der Waals surface area contributed by atoms with Gasteiger partial charge in [-0.25, -0.2) is 13.1 Å². The summed E-state index contributed by atoms with van der Waals surface area (Å²) in [7, 11) is -1.78. The Morgan fingerprint density at radius 3 is 2.72 bits per heavy atom. The van der Waals surface area contributed by atoms with Crippen LogP contribution >= 0.6 is 22.9 Å². The van der Waals surface area contributed by atoms with Gasteiger partial charge in [0.05, 0.1) is 6.04 Å². The fourth-order valence-corrected chi connectivity index (χ4v) is 4.38. The topological polar surface area (TPSA) is 82.6 Å². The van der Waals surface area contributed by atoms with Gasteiger partial charge in [0, 0.05) is 25.2 Å². The quantitative estimate of drug-likeness (QED) is 0.379. The van der Waals surface area contributed by atoms with Crippen LogP contribution < -0.4 is 15.4 Å². The fourth-order valence-electron chi connectivity index (χ4n) is 2.11. The molecule has 0 spiro atoms. The second-order valence-electron chi connectivity index (χ2n) is 5.25. The molecule has 9 heteroatoms. The molecule has 0 saturated heterocycles. The summed E-state index contributed by atoms with van der Waals surface area (Å²) in [6.07, 6.45) is 0. The highest BCUT2D eigenvalue weighted by molar-refractivity contribution is 7.91. The molecule has 1 heterocycles. The normalized spacial score (nSPS) is 13.5. The van der Waals surface area contributed by atoms with Crippen molar-refractivity contribution < 1.29 is 8.42 Å². The van der Waals surface area contributed by atoms with Gasteiger partial charge in [-0.1, -0.05) is 29.8 Å². The Hall–Kier alpha value is -1.61. The maximum atomic E-state index is 12.0. The maximum Gasteiger partial charge on any atom is 0.250 e. The summed E-state index contributed by atoms with van der Waals surface area (Å²) in [6, 6.07) is 10.9. The first-order valence-electron chi connectivity index (χ1n) is 7.68. The zero-order valence-corrected chi connectivity index (χ0v) is 16.4. The van der Waals surface area contributed by atoms with Crippen molar-refractivity contribution in [1.29, 1.82) is 0 Å². The molecule has 0 fully saturated rings. The van der Waals surface area contributed by atoms with Crippen molar-refractivity contribution >= 4 is 38.9 Å². The summed E-state index contributed by atoms with van der Waals surface area (Å²) in [5, 5.41) is 8.74. The van der Waals surface area contributed by atoms with Crippen LogP contribution in [0, 0.1) is 0 Å². The Bertz CT molecular complexity index is 807. The van der Waals surface area contributed by atoms with Crippen LogP contribution in [-0.2, 0) is 10.0 Å². The number of thiophene rings is 1. The number of sulfonamides is 1.